The van der Waals surface area contributed by atoms with Gasteiger partial charge in [0.25, 0.3) is 0 Å². The van der Waals surface area contributed by atoms with Crippen LogP contribution in [0.2, 0.25) is 0 Å². The molecule has 0 aliphatic carbocycles. The van der Waals surface area contributed by atoms with Crippen LogP contribution in [0.1, 0.15) is 18.1 Å². The van der Waals surface area contributed by atoms with Crippen LogP contribution < -0.4 is 11.1 Å². The number of nitrogens with zero attached hydrogens (tertiary/aromatic N) is 1. The van der Waals surface area contributed by atoms with Crippen molar-refractivity contribution in [2.75, 3.05) is 5.32 Å². The van der Waals surface area contributed by atoms with Crippen molar-refractivity contribution in [1.29, 1.82) is 0 Å². The van der Waals surface area contributed by atoms with E-state index < -0.39 is 35.4 Å². The summed E-state index contributed by atoms with van der Waals surface area (Å²) in [4.78, 5) is 2.90. The summed E-state index contributed by atoms with van der Waals surface area (Å²) in [5.41, 5.74) is 5.34. The van der Waals surface area contributed by atoms with E-state index in [2.05, 4.69) is 10.3 Å². The van der Waals surface area contributed by atoms with Gasteiger partial charge in [-0.15, -0.1) is 0 Å². The monoisotopic (exact) mass is 387 g/mol. The highest BCUT2D eigenvalue weighted by Crippen LogP contribution is 2.23. The highest BCUT2D eigenvalue weighted by Gasteiger charge is 2.13. The van der Waals surface area contributed by atoms with Gasteiger partial charge < -0.3 is 11.1 Å². The van der Waals surface area contributed by atoms with Crippen LogP contribution in [0.5, 0.6) is 0 Å². The Morgan fingerprint density at radius 2 is 1.70 bits per heavy atom. The number of alkyl halides is 2. The van der Waals surface area contributed by atoms with Crippen LogP contribution in [0.4, 0.5) is 32.0 Å². The number of anilines is 1. The molecule has 0 radical (unpaired) electrons. The standard InChI is InChI=1S/C18H15F6N3/c1-9(25)13(7-27-18(23)24)12-3-2-11(6-17(12)22)26-8-14-15(20)4-10(19)5-16(14)21/h2-7,18,26H,8,25H2,1H3/b13-9+,27-7+. The lowest BCUT2D eigenvalue weighted by Gasteiger charge is -2.11. The number of hydrogen-bond donors (Lipinski definition) is 2. The average Bonchev–Trinajstić information content (AvgIpc) is 2.55. The molecule has 3 N–H and O–H groups in total. The molecule has 0 fully saturated rings. The van der Waals surface area contributed by atoms with Crippen LogP contribution in [0, 0.1) is 23.3 Å². The van der Waals surface area contributed by atoms with Crippen molar-refractivity contribution in [2.24, 2.45) is 10.7 Å². The van der Waals surface area contributed by atoms with Gasteiger partial charge in [-0.25, -0.2) is 22.6 Å². The SMILES string of the molecule is C/C(N)=C(/C=N/C(F)F)c1ccc(NCc2c(F)cc(F)cc2F)cc1F. The second-order valence-electron chi connectivity index (χ2n) is 5.55. The second kappa shape index (κ2) is 8.61. The largest absolute Gasteiger partial charge is 0.402 e. The first-order chi connectivity index (χ1) is 12.7. The van der Waals surface area contributed by atoms with E-state index in [4.69, 9.17) is 5.73 Å². The quantitative estimate of drug-likeness (QED) is 0.423. The first-order valence-electron chi connectivity index (χ1n) is 7.64. The normalized spacial score (nSPS) is 12.6. The summed E-state index contributed by atoms with van der Waals surface area (Å²) < 4.78 is 79.0. The van der Waals surface area contributed by atoms with E-state index in [-0.39, 0.29) is 29.1 Å². The van der Waals surface area contributed by atoms with Crippen LogP contribution >= 0.6 is 0 Å². The van der Waals surface area contributed by atoms with Crippen molar-refractivity contribution in [3.05, 3.63) is 70.4 Å². The maximum absolute atomic E-state index is 14.3. The zero-order chi connectivity index (χ0) is 20.1. The van der Waals surface area contributed by atoms with Gasteiger partial charge >= 0.3 is 6.55 Å². The van der Waals surface area contributed by atoms with E-state index in [1.54, 1.807) is 0 Å². The fourth-order valence-corrected chi connectivity index (χ4v) is 2.29. The molecule has 2 rings (SSSR count). The van der Waals surface area contributed by atoms with E-state index in [9.17, 15) is 26.3 Å². The van der Waals surface area contributed by atoms with Crippen LogP contribution in [-0.2, 0) is 6.54 Å². The molecule has 0 aliphatic rings. The number of benzene rings is 2. The second-order valence-corrected chi connectivity index (χ2v) is 5.55. The van der Waals surface area contributed by atoms with Crippen molar-refractivity contribution < 1.29 is 26.3 Å². The topological polar surface area (TPSA) is 50.4 Å². The van der Waals surface area contributed by atoms with Crippen LogP contribution in [0.25, 0.3) is 5.57 Å². The summed E-state index contributed by atoms with van der Waals surface area (Å²) in [6, 6.07) is 4.71. The fourth-order valence-electron chi connectivity index (χ4n) is 2.29. The van der Waals surface area contributed by atoms with Crippen molar-refractivity contribution in [2.45, 2.75) is 20.0 Å². The Hall–Kier alpha value is -2.97. The minimum absolute atomic E-state index is 0.0185. The Balaban J connectivity index is 2.23. The molecule has 0 bridgehead atoms. The number of nitrogens with one attached hydrogen (secondary N) is 1. The van der Waals surface area contributed by atoms with Crippen LogP contribution in [0.3, 0.4) is 0 Å². The molecule has 0 saturated heterocycles. The number of allylic oxidation sites excluding steroid dienone is 2. The third-order valence-electron chi connectivity index (χ3n) is 3.58. The summed E-state index contributed by atoms with van der Waals surface area (Å²) in [7, 11) is 0. The third-order valence-corrected chi connectivity index (χ3v) is 3.58. The van der Waals surface area contributed by atoms with Gasteiger partial charge in [0.2, 0.25) is 0 Å². The molecule has 2 aromatic carbocycles. The van der Waals surface area contributed by atoms with Gasteiger partial charge in [0, 0.05) is 53.0 Å². The average molecular weight is 387 g/mol. The number of rotatable bonds is 6. The zero-order valence-electron chi connectivity index (χ0n) is 14.0. The first-order valence-corrected chi connectivity index (χ1v) is 7.64. The molecule has 0 aromatic heterocycles. The molecule has 3 nitrogen and oxygen atoms in total. The molecule has 27 heavy (non-hydrogen) atoms. The molecule has 0 unspecified atom stereocenters. The van der Waals surface area contributed by atoms with Crippen molar-refractivity contribution in [1.82, 2.24) is 0 Å². The summed E-state index contributed by atoms with van der Waals surface area (Å²) in [5, 5.41) is 2.61. The van der Waals surface area contributed by atoms with E-state index in [1.807, 2.05) is 0 Å². The van der Waals surface area contributed by atoms with E-state index in [1.165, 1.54) is 19.1 Å². The maximum Gasteiger partial charge on any atom is 0.331 e. The van der Waals surface area contributed by atoms with E-state index >= 15 is 0 Å². The van der Waals surface area contributed by atoms with Gasteiger partial charge in [-0.3, -0.25) is 0 Å². The number of hydrogen-bond acceptors (Lipinski definition) is 3. The molecular formula is C18H15F6N3. The lowest BCUT2D eigenvalue weighted by atomic mass is 10.0. The molecule has 0 heterocycles. The Labute approximate surface area is 151 Å². The summed E-state index contributed by atoms with van der Waals surface area (Å²) in [5.74, 6) is -4.01. The molecule has 0 atom stereocenters. The van der Waals surface area contributed by atoms with Gasteiger partial charge in [-0.2, -0.15) is 8.78 Å². The minimum atomic E-state index is -2.97. The van der Waals surface area contributed by atoms with Crippen molar-refractivity contribution in [3.8, 4) is 0 Å². The predicted octanol–water partition coefficient (Wildman–Crippen LogP) is 4.84. The Bertz CT molecular complexity index is 866. The molecule has 0 saturated carbocycles. The number of nitrogens with two attached hydrogens (primary N) is 1. The Morgan fingerprint density at radius 1 is 1.07 bits per heavy atom. The van der Waals surface area contributed by atoms with Gasteiger partial charge in [-0.1, -0.05) is 0 Å². The molecule has 0 amide bonds. The highest BCUT2D eigenvalue weighted by atomic mass is 19.3. The molecule has 0 spiro atoms. The molecule has 0 aliphatic heterocycles. The number of aliphatic imine (C=N–C) groups is 1. The first kappa shape index (κ1) is 20.3. The van der Waals surface area contributed by atoms with Crippen molar-refractivity contribution in [3.63, 3.8) is 0 Å². The molecule has 9 heteroatoms. The van der Waals surface area contributed by atoms with Crippen LogP contribution in [-0.4, -0.2) is 12.8 Å². The summed E-state index contributed by atoms with van der Waals surface area (Å²) in [6.07, 6.45) is 0.773. The van der Waals surface area contributed by atoms with E-state index in [0.29, 0.717) is 12.1 Å². The third kappa shape index (κ3) is 5.25. The lowest BCUT2D eigenvalue weighted by Crippen LogP contribution is -2.07. The summed E-state index contributed by atoms with van der Waals surface area (Å²) >= 11 is 0. The Morgan fingerprint density at radius 3 is 2.22 bits per heavy atom. The maximum atomic E-state index is 14.3. The zero-order valence-corrected chi connectivity index (χ0v) is 14.0. The lowest BCUT2D eigenvalue weighted by molar-refractivity contribution is 0.161. The molecular weight excluding hydrogens is 372 g/mol. The minimum Gasteiger partial charge on any atom is -0.402 e. The van der Waals surface area contributed by atoms with Gasteiger partial charge in [-0.05, 0) is 25.1 Å². The molecule has 2 aromatic rings. The molecule has 144 valence electrons. The Kier molecular flexibility index (Phi) is 6.49. The van der Waals surface area contributed by atoms with E-state index in [0.717, 1.165) is 12.3 Å². The van der Waals surface area contributed by atoms with Crippen LogP contribution in [0.15, 0.2) is 41.0 Å². The summed E-state index contributed by atoms with van der Waals surface area (Å²) in [6.45, 7) is -1.93. The number of halogens is 6. The fraction of sp³-hybridized carbons (Fsp3) is 0.167. The van der Waals surface area contributed by atoms with Crippen molar-refractivity contribution >= 4 is 17.5 Å². The van der Waals surface area contributed by atoms with Gasteiger partial charge in [0.15, 0.2) is 0 Å². The smallest absolute Gasteiger partial charge is 0.331 e. The van der Waals surface area contributed by atoms with Gasteiger partial charge in [0.05, 0.1) is 0 Å². The predicted molar refractivity (Wildman–Crippen MR) is 91.3 cm³/mol. The van der Waals surface area contributed by atoms with Gasteiger partial charge in [0.1, 0.15) is 23.3 Å². The highest BCUT2D eigenvalue weighted by molar-refractivity contribution is 6.10.